The molecule has 3 saturated heterocycles. The van der Waals surface area contributed by atoms with Gasteiger partial charge in [0.15, 0.2) is 5.65 Å². The highest BCUT2D eigenvalue weighted by Crippen LogP contribution is 2.35. The van der Waals surface area contributed by atoms with E-state index in [1.165, 1.54) is 5.69 Å². The maximum atomic E-state index is 13.2. The average Bonchev–Trinajstić information content (AvgIpc) is 3.96. The Morgan fingerprint density at radius 2 is 1.64 bits per heavy atom. The molecule has 0 aliphatic carbocycles. The molecule has 0 aromatic carbocycles. The number of alkyl halides is 3. The van der Waals surface area contributed by atoms with Crippen molar-refractivity contribution in [3.63, 3.8) is 0 Å². The van der Waals surface area contributed by atoms with E-state index in [0.29, 0.717) is 36.4 Å². The van der Waals surface area contributed by atoms with Crippen molar-refractivity contribution < 1.29 is 42.6 Å². The largest absolute Gasteiger partial charge is 0.483 e. The Labute approximate surface area is 313 Å². The van der Waals surface area contributed by atoms with E-state index < -0.39 is 24.9 Å². The molecule has 0 radical (unpaired) electrons. The molecule has 2 unspecified atom stereocenters. The zero-order valence-corrected chi connectivity index (χ0v) is 29.9. The van der Waals surface area contributed by atoms with Crippen LogP contribution in [0.25, 0.3) is 5.65 Å². The maximum Gasteiger partial charge on any atom is 0.389 e. The van der Waals surface area contributed by atoms with Gasteiger partial charge in [-0.2, -0.15) is 28.4 Å². The summed E-state index contributed by atoms with van der Waals surface area (Å²) in [7, 11) is 0. The zero-order chi connectivity index (χ0) is 39.1. The number of hydrogen-bond acceptors (Lipinski definition) is 11. The number of carbonyl (C=O) groups excluding carboxylic acids is 2. The van der Waals surface area contributed by atoms with E-state index >= 15 is 0 Å². The number of hydrogen-bond donors (Lipinski definition) is 3. The molecule has 4 aliphatic rings. The molecule has 2 amide bonds. The van der Waals surface area contributed by atoms with Gasteiger partial charge in [0.25, 0.3) is 12.9 Å². The highest BCUT2D eigenvalue weighted by molar-refractivity contribution is 5.79. The van der Waals surface area contributed by atoms with Crippen molar-refractivity contribution in [1.29, 1.82) is 0 Å². The van der Waals surface area contributed by atoms with Crippen LogP contribution in [0, 0.1) is 0 Å². The molecule has 4 aromatic rings. The molecule has 2 bridgehead atoms. The first kappa shape index (κ1) is 39.0. The van der Waals surface area contributed by atoms with Gasteiger partial charge in [0, 0.05) is 82.4 Å². The Morgan fingerprint density at radius 1 is 0.927 bits per heavy atom. The van der Waals surface area contributed by atoms with Gasteiger partial charge in [-0.05, 0) is 43.9 Å². The lowest BCUT2D eigenvalue weighted by Crippen LogP contribution is -2.56. The number of piperidine rings is 1. The molecule has 4 aliphatic heterocycles. The third-order valence-electron chi connectivity index (χ3n) is 10.4. The van der Waals surface area contributed by atoms with E-state index in [-0.39, 0.29) is 37.5 Å². The number of rotatable bonds is 8. The van der Waals surface area contributed by atoms with Crippen molar-refractivity contribution in [3.05, 3.63) is 48.7 Å². The van der Waals surface area contributed by atoms with Crippen LogP contribution in [0.5, 0.6) is 0 Å². The topological polar surface area (TPSA) is 200 Å². The monoisotopic (exact) mass is 772 g/mol. The number of carbonyl (C=O) groups is 4. The van der Waals surface area contributed by atoms with E-state index in [4.69, 9.17) is 24.8 Å². The second-order valence-corrected chi connectivity index (χ2v) is 13.7. The molecule has 4 aromatic heterocycles. The summed E-state index contributed by atoms with van der Waals surface area (Å²) in [4.78, 5) is 55.6. The molecule has 8 heterocycles. The highest BCUT2D eigenvalue weighted by atomic mass is 19.4. The summed E-state index contributed by atoms with van der Waals surface area (Å²) in [5.41, 5.74) is 3.37. The number of nitrogens with zero attached hydrogens (tertiary/aromatic N) is 11. The number of pyridine rings is 1. The fourth-order valence-corrected chi connectivity index (χ4v) is 7.96. The van der Waals surface area contributed by atoms with Gasteiger partial charge in [0.05, 0.1) is 36.2 Å². The molecular formula is C34H43F3N12O6. The van der Waals surface area contributed by atoms with Gasteiger partial charge >= 0.3 is 6.18 Å². The van der Waals surface area contributed by atoms with Crippen molar-refractivity contribution in [2.24, 2.45) is 0 Å². The van der Waals surface area contributed by atoms with Crippen molar-refractivity contribution in [3.8, 4) is 0 Å². The lowest BCUT2D eigenvalue weighted by Gasteiger charge is -2.42. The van der Waals surface area contributed by atoms with Crippen LogP contribution in [0.4, 0.5) is 30.5 Å². The molecule has 8 rings (SSSR count). The Balaban J connectivity index is 0.000000807. The summed E-state index contributed by atoms with van der Waals surface area (Å²) in [6.45, 7) is 4.93. The van der Waals surface area contributed by atoms with Crippen molar-refractivity contribution in [1.82, 2.24) is 48.9 Å². The second-order valence-electron chi connectivity index (χ2n) is 13.7. The highest BCUT2D eigenvalue weighted by Gasteiger charge is 2.43. The number of halogens is 3. The Hall–Kier alpha value is -5.73. The van der Waals surface area contributed by atoms with E-state index in [1.54, 1.807) is 32.7 Å². The molecule has 2 atom stereocenters. The summed E-state index contributed by atoms with van der Waals surface area (Å²) < 4.78 is 43.6. The van der Waals surface area contributed by atoms with Gasteiger partial charge in [-0.1, -0.05) is 0 Å². The number of amides is 2. The number of fused-ring (bicyclic) bond motifs is 4. The Morgan fingerprint density at radius 3 is 2.33 bits per heavy atom. The predicted octanol–water partition coefficient (Wildman–Crippen LogP) is 2.30. The lowest BCUT2D eigenvalue weighted by molar-refractivity contribution is -0.151. The quantitative estimate of drug-likeness (QED) is 0.221. The van der Waals surface area contributed by atoms with Crippen LogP contribution < -0.4 is 10.2 Å². The van der Waals surface area contributed by atoms with E-state index in [1.807, 2.05) is 23.2 Å². The minimum atomic E-state index is -4.35. The molecule has 3 fully saturated rings. The standard InChI is InChI=1S/C32H39F3N12O2.2CH2O2/c33-32(34,35)9-5-28(48)47-25-3-4-26(47)20-43(19-25)27-2-1-11-46-30(27)39-31(40-46)38-22-16-37-44(17-22)21-29(49)41-12-7-23(8-13-41)42-14-15-45-24(18-42)6-10-36-45;2*2-1-3/h1-2,6,10-11,16-17,23,25-26H,3-5,7-9,12-15,18-21H2,(H,38,40);2*1H,(H,2,3). The van der Waals surface area contributed by atoms with E-state index in [0.717, 1.165) is 64.1 Å². The van der Waals surface area contributed by atoms with E-state index in [2.05, 4.69) is 41.2 Å². The zero-order valence-electron chi connectivity index (χ0n) is 29.9. The van der Waals surface area contributed by atoms with Crippen LogP contribution in [0.3, 0.4) is 0 Å². The molecule has 0 spiro atoms. The first-order chi connectivity index (χ1) is 26.5. The van der Waals surface area contributed by atoms with Crippen LogP contribution >= 0.6 is 0 Å². The van der Waals surface area contributed by atoms with Crippen LogP contribution in [0.15, 0.2) is 43.0 Å². The fourth-order valence-electron chi connectivity index (χ4n) is 7.96. The summed E-state index contributed by atoms with van der Waals surface area (Å²) in [5.74, 6) is -0.0207. The van der Waals surface area contributed by atoms with Crippen LogP contribution in [-0.4, -0.2) is 141 Å². The third kappa shape index (κ3) is 9.33. The SMILES string of the molecule is O=C(Cn1cc(Nc2nc3c(N4CC5CCC(C4)N5C(=O)CCC(F)(F)F)cccn3n2)cn1)N1CCC(N2CCn3nccc3C2)CC1.O=CO.O=CO. The van der Waals surface area contributed by atoms with Crippen molar-refractivity contribution in [2.45, 2.75) is 82.5 Å². The van der Waals surface area contributed by atoms with Crippen LogP contribution in [-0.2, 0) is 38.8 Å². The molecule has 55 heavy (non-hydrogen) atoms. The summed E-state index contributed by atoms with van der Waals surface area (Å²) in [6, 6.07) is 6.09. The summed E-state index contributed by atoms with van der Waals surface area (Å²) >= 11 is 0. The average molecular weight is 773 g/mol. The van der Waals surface area contributed by atoms with E-state index in [9.17, 15) is 22.8 Å². The molecule has 0 saturated carbocycles. The lowest BCUT2D eigenvalue weighted by atomic mass is 10.0. The molecule has 21 heteroatoms. The van der Waals surface area contributed by atoms with Crippen LogP contribution in [0.1, 0.15) is 44.2 Å². The molecule has 3 N–H and O–H groups in total. The van der Waals surface area contributed by atoms with Crippen molar-refractivity contribution >= 4 is 47.7 Å². The van der Waals surface area contributed by atoms with Gasteiger partial charge in [-0.25, -0.2) is 4.52 Å². The summed E-state index contributed by atoms with van der Waals surface area (Å²) in [5, 5.41) is 30.3. The van der Waals surface area contributed by atoms with Gasteiger partial charge in [0.2, 0.25) is 17.8 Å². The van der Waals surface area contributed by atoms with Crippen molar-refractivity contribution in [2.75, 3.05) is 42.9 Å². The third-order valence-corrected chi connectivity index (χ3v) is 10.4. The van der Waals surface area contributed by atoms with Gasteiger partial charge in [-0.3, -0.25) is 33.4 Å². The van der Waals surface area contributed by atoms with Gasteiger partial charge < -0.3 is 30.2 Å². The summed E-state index contributed by atoms with van der Waals surface area (Å²) in [6.07, 6.45) is 4.53. The number of aromatic nitrogens is 7. The van der Waals surface area contributed by atoms with Gasteiger partial charge in [0.1, 0.15) is 6.54 Å². The minimum Gasteiger partial charge on any atom is -0.483 e. The first-order valence-electron chi connectivity index (χ1n) is 18.0. The van der Waals surface area contributed by atoms with Crippen LogP contribution in [0.2, 0.25) is 0 Å². The molecule has 296 valence electrons. The van der Waals surface area contributed by atoms with Gasteiger partial charge in [-0.15, -0.1) is 5.10 Å². The Bertz CT molecular complexity index is 1920. The molecule has 18 nitrogen and oxygen atoms in total. The fraction of sp³-hybridized carbons (Fsp3) is 0.529. The second kappa shape index (κ2) is 17.2. The minimum absolute atomic E-state index is 0.0384. The molecular weight excluding hydrogens is 729 g/mol. The first-order valence-corrected chi connectivity index (χ1v) is 18.0. The predicted molar refractivity (Wildman–Crippen MR) is 189 cm³/mol. The normalized spacial score (nSPS) is 19.9. The number of nitrogens with one attached hydrogen (secondary N) is 1. The number of carboxylic acid groups (broad SMARTS) is 2. The smallest absolute Gasteiger partial charge is 0.389 e. The number of anilines is 3. The Kier molecular flexibility index (Phi) is 12.2. The maximum absolute atomic E-state index is 13.2. The number of piperazine rings is 1. The number of likely N-dealkylation sites (tertiary alicyclic amines) is 1.